The van der Waals surface area contributed by atoms with Crippen LogP contribution in [-0.4, -0.2) is 33.6 Å². The van der Waals surface area contributed by atoms with Crippen molar-refractivity contribution in [2.45, 2.75) is 57.2 Å². The fourth-order valence-corrected chi connectivity index (χ4v) is 3.30. The molecule has 1 saturated carbocycles. The summed E-state index contributed by atoms with van der Waals surface area (Å²) in [7, 11) is 0. The van der Waals surface area contributed by atoms with Crippen molar-refractivity contribution in [1.29, 1.82) is 0 Å². The van der Waals surface area contributed by atoms with E-state index in [1.165, 1.54) is 11.3 Å². The highest BCUT2D eigenvalue weighted by molar-refractivity contribution is 7.15. The Morgan fingerprint density at radius 1 is 1.43 bits per heavy atom. The molecule has 1 aromatic heterocycles. The molecule has 8 heteroatoms. The lowest BCUT2D eigenvalue weighted by Gasteiger charge is -2.37. The Morgan fingerprint density at radius 2 is 2.14 bits per heavy atom. The van der Waals surface area contributed by atoms with Crippen molar-refractivity contribution >= 4 is 16.5 Å². The van der Waals surface area contributed by atoms with Gasteiger partial charge in [0.05, 0.1) is 11.5 Å². The van der Waals surface area contributed by atoms with Crippen LogP contribution in [0.25, 0.3) is 0 Å². The van der Waals surface area contributed by atoms with Crippen LogP contribution in [0.2, 0.25) is 0 Å². The van der Waals surface area contributed by atoms with E-state index in [1.54, 1.807) is 0 Å². The Bertz CT molecular complexity index is 477. The van der Waals surface area contributed by atoms with Crippen molar-refractivity contribution in [3.63, 3.8) is 0 Å². The summed E-state index contributed by atoms with van der Waals surface area (Å²) in [5.41, 5.74) is -1.33. The first kappa shape index (κ1) is 16.5. The number of rotatable bonds is 4. The Labute approximate surface area is 125 Å². The average molecular weight is 323 g/mol. The van der Waals surface area contributed by atoms with E-state index in [1.807, 2.05) is 13.8 Å². The van der Waals surface area contributed by atoms with Gasteiger partial charge < -0.3 is 10.4 Å². The van der Waals surface area contributed by atoms with Crippen LogP contribution < -0.4 is 5.32 Å². The third-order valence-corrected chi connectivity index (χ3v) is 4.97. The zero-order chi connectivity index (χ0) is 15.7. The van der Waals surface area contributed by atoms with Crippen LogP contribution in [0.15, 0.2) is 0 Å². The SMILES string of the molecule is CC(C)c1nnc(NCC2(O)CCCC(C(F)(F)F)C2)s1. The second-order valence-electron chi connectivity index (χ2n) is 6.01. The molecule has 2 unspecified atom stereocenters. The normalized spacial score (nSPS) is 27.1. The van der Waals surface area contributed by atoms with E-state index in [-0.39, 0.29) is 25.3 Å². The summed E-state index contributed by atoms with van der Waals surface area (Å²) in [5.74, 6) is -1.16. The fourth-order valence-electron chi connectivity index (χ4n) is 2.56. The maximum atomic E-state index is 12.8. The molecule has 0 saturated heterocycles. The van der Waals surface area contributed by atoms with Gasteiger partial charge in [0.2, 0.25) is 5.13 Å². The van der Waals surface area contributed by atoms with Gasteiger partial charge in [0, 0.05) is 12.5 Å². The monoisotopic (exact) mass is 323 g/mol. The Balaban J connectivity index is 1.94. The number of aromatic nitrogens is 2. The molecular weight excluding hydrogens is 303 g/mol. The molecule has 0 bridgehead atoms. The molecule has 1 heterocycles. The molecule has 21 heavy (non-hydrogen) atoms. The van der Waals surface area contributed by atoms with Crippen molar-refractivity contribution in [3.8, 4) is 0 Å². The molecule has 0 aliphatic heterocycles. The van der Waals surface area contributed by atoms with Gasteiger partial charge >= 0.3 is 6.18 Å². The minimum Gasteiger partial charge on any atom is -0.388 e. The lowest BCUT2D eigenvalue weighted by atomic mass is 9.77. The zero-order valence-electron chi connectivity index (χ0n) is 12.1. The molecule has 0 amide bonds. The standard InChI is InChI=1S/C13H20F3N3OS/c1-8(2)10-18-19-11(21-10)17-7-12(20)5-3-4-9(6-12)13(14,15)16/h8-9,20H,3-7H2,1-2H3,(H,17,19). The summed E-state index contributed by atoms with van der Waals surface area (Å²) in [5, 5.41) is 22.7. The summed E-state index contributed by atoms with van der Waals surface area (Å²) >= 11 is 1.37. The number of nitrogens with one attached hydrogen (secondary N) is 1. The average Bonchev–Trinajstić information content (AvgIpc) is 2.84. The highest BCUT2D eigenvalue weighted by Gasteiger charge is 2.46. The molecule has 1 aliphatic carbocycles. The van der Waals surface area contributed by atoms with Gasteiger partial charge in [0.1, 0.15) is 5.01 Å². The third-order valence-electron chi connectivity index (χ3n) is 3.79. The van der Waals surface area contributed by atoms with Crippen molar-refractivity contribution in [2.75, 3.05) is 11.9 Å². The first-order valence-electron chi connectivity index (χ1n) is 7.06. The van der Waals surface area contributed by atoms with Crippen LogP contribution in [-0.2, 0) is 0 Å². The zero-order valence-corrected chi connectivity index (χ0v) is 12.9. The predicted octanol–water partition coefficient (Wildman–Crippen LogP) is 3.56. The quantitative estimate of drug-likeness (QED) is 0.889. The van der Waals surface area contributed by atoms with Gasteiger partial charge in [-0.05, 0) is 25.7 Å². The maximum absolute atomic E-state index is 12.8. The van der Waals surface area contributed by atoms with Crippen LogP contribution >= 0.6 is 11.3 Å². The topological polar surface area (TPSA) is 58.0 Å². The van der Waals surface area contributed by atoms with E-state index in [0.29, 0.717) is 18.0 Å². The second-order valence-corrected chi connectivity index (χ2v) is 7.02. The predicted molar refractivity (Wildman–Crippen MR) is 75.5 cm³/mol. The minimum atomic E-state index is -4.23. The van der Waals surface area contributed by atoms with E-state index in [0.717, 1.165) is 5.01 Å². The summed E-state index contributed by atoms with van der Waals surface area (Å²) in [6.45, 7) is 4.06. The lowest BCUT2D eigenvalue weighted by molar-refractivity contribution is -0.199. The number of anilines is 1. The smallest absolute Gasteiger partial charge is 0.388 e. The van der Waals surface area contributed by atoms with Gasteiger partial charge in [-0.3, -0.25) is 0 Å². The van der Waals surface area contributed by atoms with Crippen molar-refractivity contribution in [1.82, 2.24) is 10.2 Å². The molecular formula is C13H20F3N3OS. The lowest BCUT2D eigenvalue weighted by Crippen LogP contribution is -2.45. The fraction of sp³-hybridized carbons (Fsp3) is 0.846. The summed E-state index contributed by atoms with van der Waals surface area (Å²) in [6, 6.07) is 0. The summed E-state index contributed by atoms with van der Waals surface area (Å²) in [6.07, 6.45) is -3.62. The van der Waals surface area contributed by atoms with Gasteiger partial charge in [-0.2, -0.15) is 13.2 Å². The van der Waals surface area contributed by atoms with Gasteiger partial charge in [0.15, 0.2) is 0 Å². The molecule has 2 atom stereocenters. The van der Waals surface area contributed by atoms with Crippen molar-refractivity contribution in [2.24, 2.45) is 5.92 Å². The minimum absolute atomic E-state index is 0.0757. The molecule has 1 fully saturated rings. The highest BCUT2D eigenvalue weighted by Crippen LogP contribution is 2.41. The number of alkyl halides is 3. The molecule has 120 valence electrons. The molecule has 1 aliphatic rings. The molecule has 0 radical (unpaired) electrons. The number of nitrogens with zero attached hydrogens (tertiary/aromatic N) is 2. The van der Waals surface area contributed by atoms with E-state index in [9.17, 15) is 18.3 Å². The number of aliphatic hydroxyl groups is 1. The van der Waals surface area contributed by atoms with E-state index < -0.39 is 17.7 Å². The number of hydrogen-bond donors (Lipinski definition) is 2. The van der Waals surface area contributed by atoms with Crippen LogP contribution in [0.4, 0.5) is 18.3 Å². The van der Waals surface area contributed by atoms with E-state index in [2.05, 4.69) is 15.5 Å². The number of hydrogen-bond acceptors (Lipinski definition) is 5. The Morgan fingerprint density at radius 3 is 2.71 bits per heavy atom. The highest BCUT2D eigenvalue weighted by atomic mass is 32.1. The first-order chi connectivity index (χ1) is 9.70. The molecule has 0 spiro atoms. The maximum Gasteiger partial charge on any atom is 0.391 e. The van der Waals surface area contributed by atoms with Crippen LogP contribution in [0.1, 0.15) is 50.5 Å². The third kappa shape index (κ3) is 4.29. The van der Waals surface area contributed by atoms with E-state index in [4.69, 9.17) is 0 Å². The molecule has 0 aromatic carbocycles. The van der Waals surface area contributed by atoms with Crippen LogP contribution in [0.3, 0.4) is 0 Å². The van der Waals surface area contributed by atoms with Crippen molar-refractivity contribution < 1.29 is 18.3 Å². The van der Waals surface area contributed by atoms with Gasteiger partial charge in [-0.25, -0.2) is 0 Å². The van der Waals surface area contributed by atoms with Gasteiger partial charge in [-0.1, -0.05) is 25.2 Å². The van der Waals surface area contributed by atoms with Gasteiger partial charge in [0.25, 0.3) is 0 Å². The number of halogens is 3. The second kappa shape index (κ2) is 6.08. The molecule has 2 N–H and O–H groups in total. The molecule has 4 nitrogen and oxygen atoms in total. The summed E-state index contributed by atoms with van der Waals surface area (Å²) in [4.78, 5) is 0. The first-order valence-corrected chi connectivity index (χ1v) is 7.88. The van der Waals surface area contributed by atoms with Crippen molar-refractivity contribution in [3.05, 3.63) is 5.01 Å². The van der Waals surface area contributed by atoms with Crippen LogP contribution in [0.5, 0.6) is 0 Å². The van der Waals surface area contributed by atoms with Crippen LogP contribution in [0, 0.1) is 5.92 Å². The molecule has 2 rings (SSSR count). The molecule has 1 aromatic rings. The Hall–Kier alpha value is -0.890. The van der Waals surface area contributed by atoms with Gasteiger partial charge in [-0.15, -0.1) is 10.2 Å². The summed E-state index contributed by atoms with van der Waals surface area (Å²) < 4.78 is 38.4. The van der Waals surface area contributed by atoms with E-state index >= 15 is 0 Å². The Kier molecular flexibility index (Phi) is 4.77. The largest absolute Gasteiger partial charge is 0.391 e.